The lowest BCUT2D eigenvalue weighted by atomic mass is 10.2. The summed E-state index contributed by atoms with van der Waals surface area (Å²) in [4.78, 5) is 15.5. The second-order valence-corrected chi connectivity index (χ2v) is 12.2. The fourth-order valence-electron chi connectivity index (χ4n) is 4.42. The molecule has 2 aliphatic rings. The Balaban J connectivity index is 1.50. The number of rotatable bonds is 5. The molecule has 2 N–H and O–H groups in total. The molecule has 0 bridgehead atoms. The van der Waals surface area contributed by atoms with E-state index >= 15 is 0 Å². The molecule has 5 rings (SSSR count). The van der Waals surface area contributed by atoms with Gasteiger partial charge in [0.05, 0.1) is 45.8 Å². The minimum absolute atomic E-state index is 0.00647. The van der Waals surface area contributed by atoms with E-state index in [4.69, 9.17) is 9.72 Å². The molecule has 1 fully saturated rings. The number of ether oxygens (including phenoxy) is 1. The van der Waals surface area contributed by atoms with E-state index in [0.717, 1.165) is 61.6 Å². The average molecular weight is 569 g/mol. The van der Waals surface area contributed by atoms with Crippen molar-refractivity contribution in [3.63, 3.8) is 0 Å². The number of aromatic nitrogens is 3. The van der Waals surface area contributed by atoms with Gasteiger partial charge in [-0.2, -0.15) is 13.2 Å². The predicted octanol–water partition coefficient (Wildman–Crippen LogP) is 4.03. The summed E-state index contributed by atoms with van der Waals surface area (Å²) in [5, 5.41) is 6.38. The van der Waals surface area contributed by atoms with Crippen molar-refractivity contribution in [2.45, 2.75) is 37.4 Å². The molecule has 0 amide bonds. The molecule has 3 aromatic rings. The summed E-state index contributed by atoms with van der Waals surface area (Å²) in [5.74, 6) is 0.572. The van der Waals surface area contributed by atoms with E-state index in [1.54, 1.807) is 0 Å². The smallest absolute Gasteiger partial charge is 0.375 e. The van der Waals surface area contributed by atoms with E-state index < -0.39 is 21.6 Å². The van der Waals surface area contributed by atoms with Crippen molar-refractivity contribution in [3.8, 4) is 10.6 Å². The number of thiophene rings is 1. The van der Waals surface area contributed by atoms with Gasteiger partial charge in [0, 0.05) is 30.7 Å². The minimum Gasteiger partial charge on any atom is -0.375 e. The second kappa shape index (κ2) is 10.8. The Bertz CT molecular complexity index is 1420. The monoisotopic (exact) mass is 568 g/mol. The maximum atomic E-state index is 13.9. The zero-order chi connectivity index (χ0) is 26.9. The van der Waals surface area contributed by atoms with E-state index in [0.29, 0.717) is 17.0 Å². The number of fused-ring (bicyclic) bond motifs is 1. The van der Waals surface area contributed by atoms with Crippen LogP contribution in [0.3, 0.4) is 0 Å². The van der Waals surface area contributed by atoms with Crippen molar-refractivity contribution in [3.05, 3.63) is 40.5 Å². The first kappa shape index (κ1) is 26.8. The zero-order valence-electron chi connectivity index (χ0n) is 20.6. The second-order valence-electron chi connectivity index (χ2n) is 8.96. The number of pyridine rings is 1. The number of halogens is 3. The van der Waals surface area contributed by atoms with Crippen molar-refractivity contribution in [1.29, 1.82) is 0 Å². The molecule has 0 aliphatic carbocycles. The number of nitrogens with one attached hydrogen (secondary N) is 2. The highest BCUT2D eigenvalue weighted by atomic mass is 32.2. The van der Waals surface area contributed by atoms with Crippen LogP contribution in [0.15, 0.2) is 29.3 Å². The summed E-state index contributed by atoms with van der Waals surface area (Å²) in [5.41, 5.74) is -0.108. The molecule has 204 valence electrons. The predicted molar refractivity (Wildman–Crippen MR) is 139 cm³/mol. The van der Waals surface area contributed by atoms with Gasteiger partial charge in [-0.3, -0.25) is 0 Å². The Morgan fingerprint density at radius 1 is 1.21 bits per heavy atom. The topological polar surface area (TPSA) is 109 Å². The van der Waals surface area contributed by atoms with Gasteiger partial charge in [0.1, 0.15) is 11.4 Å². The molecule has 1 saturated heterocycles. The summed E-state index contributed by atoms with van der Waals surface area (Å²) in [6.07, 6.45) is -2.42. The minimum atomic E-state index is -4.73. The Labute approximate surface area is 222 Å². The fraction of sp³-hybridized carbons (Fsp3) is 0.458. The van der Waals surface area contributed by atoms with Crippen LogP contribution >= 0.6 is 11.3 Å². The molecule has 9 nitrogen and oxygen atoms in total. The SMILES string of the molecule is CCc1nc(N2CCCNCC2)ccc1Nc1ncc(C(F)(F)F)c(-c2cc3c(s2)COCCS3(=O)=O)n1. The highest BCUT2D eigenvalue weighted by Crippen LogP contribution is 2.42. The number of aryl methyl sites for hydroxylation is 1. The van der Waals surface area contributed by atoms with Crippen molar-refractivity contribution in [2.24, 2.45) is 0 Å². The van der Waals surface area contributed by atoms with Gasteiger partial charge in [0.15, 0.2) is 9.84 Å². The highest BCUT2D eigenvalue weighted by Gasteiger charge is 2.37. The lowest BCUT2D eigenvalue weighted by molar-refractivity contribution is -0.137. The van der Waals surface area contributed by atoms with Gasteiger partial charge < -0.3 is 20.3 Å². The number of hydrogen-bond acceptors (Lipinski definition) is 10. The Kier molecular flexibility index (Phi) is 7.58. The first-order chi connectivity index (χ1) is 18.2. The molecule has 5 heterocycles. The van der Waals surface area contributed by atoms with Gasteiger partial charge in [-0.1, -0.05) is 6.92 Å². The van der Waals surface area contributed by atoms with Crippen molar-refractivity contribution < 1.29 is 26.3 Å². The number of anilines is 3. The standard InChI is InChI=1S/C24H27F3N6O3S2/c1-2-16-17(4-5-21(30-16)33-8-3-6-28-7-9-33)31-23-29-13-15(24(25,26)27)22(32-23)18-12-20-19(37-18)14-36-10-11-38(20,34)35/h4-5,12-13,28H,2-3,6-11,14H2,1H3,(H,29,31,32). The van der Waals surface area contributed by atoms with Crippen molar-refractivity contribution >= 4 is 38.6 Å². The molecule has 0 aromatic carbocycles. The third-order valence-electron chi connectivity index (χ3n) is 6.37. The molecule has 14 heteroatoms. The van der Waals surface area contributed by atoms with Crippen LogP contribution in [0.25, 0.3) is 10.6 Å². The molecular formula is C24H27F3N6O3S2. The molecule has 0 spiro atoms. The molecule has 2 aliphatic heterocycles. The summed E-state index contributed by atoms with van der Waals surface area (Å²) in [7, 11) is -3.67. The Morgan fingerprint density at radius 3 is 2.84 bits per heavy atom. The van der Waals surface area contributed by atoms with E-state index in [2.05, 4.69) is 25.5 Å². The Hall–Kier alpha value is -2.81. The van der Waals surface area contributed by atoms with Crippen LogP contribution in [0.2, 0.25) is 0 Å². The zero-order valence-corrected chi connectivity index (χ0v) is 22.3. The lowest BCUT2D eigenvalue weighted by Crippen LogP contribution is -2.28. The van der Waals surface area contributed by atoms with Gasteiger partial charge in [-0.15, -0.1) is 11.3 Å². The summed E-state index contributed by atoms with van der Waals surface area (Å²) in [6.45, 7) is 5.53. The first-order valence-corrected chi connectivity index (χ1v) is 14.7. The van der Waals surface area contributed by atoms with E-state index in [9.17, 15) is 21.6 Å². The van der Waals surface area contributed by atoms with Crippen LogP contribution in [-0.4, -0.2) is 61.9 Å². The number of nitrogens with zero attached hydrogens (tertiary/aromatic N) is 4. The van der Waals surface area contributed by atoms with Crippen molar-refractivity contribution in [2.75, 3.05) is 48.8 Å². The van der Waals surface area contributed by atoms with Gasteiger partial charge in [0.2, 0.25) is 5.95 Å². The summed E-state index contributed by atoms with van der Waals surface area (Å²) >= 11 is 0.931. The molecule has 0 saturated carbocycles. The molecule has 38 heavy (non-hydrogen) atoms. The van der Waals surface area contributed by atoms with Gasteiger partial charge in [-0.05, 0) is 37.6 Å². The number of alkyl halides is 3. The maximum Gasteiger partial charge on any atom is 0.420 e. The largest absolute Gasteiger partial charge is 0.420 e. The quantitative estimate of drug-likeness (QED) is 0.472. The number of sulfone groups is 1. The van der Waals surface area contributed by atoms with Crippen LogP contribution in [0, 0.1) is 0 Å². The van der Waals surface area contributed by atoms with Gasteiger partial charge >= 0.3 is 6.18 Å². The maximum absolute atomic E-state index is 13.9. The molecule has 0 radical (unpaired) electrons. The third kappa shape index (κ3) is 5.63. The molecule has 0 unspecified atom stereocenters. The van der Waals surface area contributed by atoms with E-state index in [-0.39, 0.29) is 40.4 Å². The molecular weight excluding hydrogens is 541 g/mol. The van der Waals surface area contributed by atoms with Crippen LogP contribution < -0.4 is 15.5 Å². The van der Waals surface area contributed by atoms with Gasteiger partial charge in [0.25, 0.3) is 0 Å². The number of hydrogen-bond donors (Lipinski definition) is 2. The van der Waals surface area contributed by atoms with Crippen LogP contribution in [0.4, 0.5) is 30.6 Å². The molecule has 3 aromatic heterocycles. The summed E-state index contributed by atoms with van der Waals surface area (Å²) < 4.78 is 72.3. The van der Waals surface area contributed by atoms with Crippen LogP contribution in [0.5, 0.6) is 0 Å². The van der Waals surface area contributed by atoms with Crippen molar-refractivity contribution in [1.82, 2.24) is 20.3 Å². The molecule has 0 atom stereocenters. The van der Waals surface area contributed by atoms with Crippen LogP contribution in [-0.2, 0) is 33.8 Å². The van der Waals surface area contributed by atoms with Gasteiger partial charge in [-0.25, -0.2) is 23.4 Å². The average Bonchev–Trinajstić information content (AvgIpc) is 3.04. The van der Waals surface area contributed by atoms with E-state index in [1.807, 2.05) is 19.1 Å². The summed E-state index contributed by atoms with van der Waals surface area (Å²) in [6, 6.07) is 4.96. The Morgan fingerprint density at radius 2 is 2.05 bits per heavy atom. The van der Waals surface area contributed by atoms with Crippen LogP contribution in [0.1, 0.15) is 29.5 Å². The lowest BCUT2D eigenvalue weighted by Gasteiger charge is -2.22. The first-order valence-electron chi connectivity index (χ1n) is 12.3. The van der Waals surface area contributed by atoms with E-state index in [1.165, 1.54) is 6.07 Å². The highest BCUT2D eigenvalue weighted by molar-refractivity contribution is 7.91. The fourth-order valence-corrected chi connectivity index (χ4v) is 7.26. The normalized spacial score (nSPS) is 17.9. The third-order valence-corrected chi connectivity index (χ3v) is 9.35.